The van der Waals surface area contributed by atoms with Gasteiger partial charge in [-0.05, 0) is 12.1 Å². The fourth-order valence-corrected chi connectivity index (χ4v) is 1.49. The zero-order valence-electron chi connectivity index (χ0n) is 8.93. The molecular weight excluding hydrogens is 208 g/mol. The van der Waals surface area contributed by atoms with Gasteiger partial charge in [0.1, 0.15) is 11.3 Å². The van der Waals surface area contributed by atoms with E-state index in [9.17, 15) is 4.79 Å². The fraction of sp³-hybridized carbons (Fsp3) is 0.182. The molecule has 0 unspecified atom stereocenters. The van der Waals surface area contributed by atoms with Gasteiger partial charge in [-0.15, -0.1) is 0 Å². The molecule has 0 aliphatic heterocycles. The number of para-hydroxylation sites is 1. The number of carbonyl (C=O) groups excluding carboxylic acids is 1. The second-order valence-electron chi connectivity index (χ2n) is 3.07. The fourth-order valence-electron chi connectivity index (χ4n) is 1.49. The SMILES string of the molecule is COc1nc(C=O)nc2c(OC)cccc12. The van der Waals surface area contributed by atoms with Crippen LogP contribution in [-0.2, 0) is 0 Å². The quantitative estimate of drug-likeness (QED) is 0.730. The number of fused-ring (bicyclic) bond motifs is 1. The van der Waals surface area contributed by atoms with E-state index in [0.29, 0.717) is 28.8 Å². The molecule has 2 aromatic rings. The van der Waals surface area contributed by atoms with Crippen molar-refractivity contribution >= 4 is 17.2 Å². The number of benzene rings is 1. The minimum absolute atomic E-state index is 0.0776. The third kappa shape index (κ3) is 1.56. The lowest BCUT2D eigenvalue weighted by atomic mass is 10.2. The first-order valence-electron chi connectivity index (χ1n) is 4.64. The number of hydrogen-bond acceptors (Lipinski definition) is 5. The van der Waals surface area contributed by atoms with Crippen molar-refractivity contribution in [3.8, 4) is 11.6 Å². The highest BCUT2D eigenvalue weighted by molar-refractivity contribution is 5.90. The molecule has 1 heterocycles. The van der Waals surface area contributed by atoms with Crippen LogP contribution < -0.4 is 9.47 Å². The molecule has 0 aliphatic carbocycles. The molecule has 0 bridgehead atoms. The van der Waals surface area contributed by atoms with Crippen LogP contribution >= 0.6 is 0 Å². The van der Waals surface area contributed by atoms with Crippen LogP contribution in [0, 0.1) is 0 Å². The van der Waals surface area contributed by atoms with Gasteiger partial charge in [0, 0.05) is 0 Å². The molecule has 2 rings (SSSR count). The van der Waals surface area contributed by atoms with Gasteiger partial charge in [-0.3, -0.25) is 4.79 Å². The summed E-state index contributed by atoms with van der Waals surface area (Å²) >= 11 is 0. The van der Waals surface area contributed by atoms with Crippen LogP contribution in [0.2, 0.25) is 0 Å². The average Bonchev–Trinajstić information content (AvgIpc) is 2.36. The van der Waals surface area contributed by atoms with Crippen LogP contribution in [-0.4, -0.2) is 30.5 Å². The Labute approximate surface area is 92.0 Å². The van der Waals surface area contributed by atoms with E-state index < -0.39 is 0 Å². The lowest BCUT2D eigenvalue weighted by molar-refractivity contribution is 0.111. The van der Waals surface area contributed by atoms with Crippen molar-refractivity contribution in [1.82, 2.24) is 9.97 Å². The Balaban J connectivity index is 2.83. The van der Waals surface area contributed by atoms with E-state index >= 15 is 0 Å². The zero-order chi connectivity index (χ0) is 11.5. The number of aromatic nitrogens is 2. The second kappa shape index (κ2) is 4.14. The molecule has 0 spiro atoms. The van der Waals surface area contributed by atoms with Crippen molar-refractivity contribution in [3.05, 3.63) is 24.0 Å². The van der Waals surface area contributed by atoms with Crippen molar-refractivity contribution in [1.29, 1.82) is 0 Å². The van der Waals surface area contributed by atoms with Crippen molar-refractivity contribution in [2.75, 3.05) is 14.2 Å². The minimum atomic E-state index is 0.0776. The van der Waals surface area contributed by atoms with Gasteiger partial charge in [0.2, 0.25) is 5.88 Å². The van der Waals surface area contributed by atoms with Crippen LogP contribution in [0.4, 0.5) is 0 Å². The number of rotatable bonds is 3. The third-order valence-corrected chi connectivity index (χ3v) is 2.19. The van der Waals surface area contributed by atoms with E-state index in [1.54, 1.807) is 13.2 Å². The Kier molecular flexibility index (Phi) is 2.68. The Bertz CT molecular complexity index is 540. The maximum absolute atomic E-state index is 10.7. The maximum Gasteiger partial charge on any atom is 0.224 e. The lowest BCUT2D eigenvalue weighted by Gasteiger charge is -2.07. The number of carbonyl (C=O) groups is 1. The molecule has 5 heteroatoms. The van der Waals surface area contributed by atoms with Gasteiger partial charge in [-0.1, -0.05) is 6.07 Å². The van der Waals surface area contributed by atoms with E-state index in [4.69, 9.17) is 9.47 Å². The third-order valence-electron chi connectivity index (χ3n) is 2.19. The molecule has 0 N–H and O–H groups in total. The van der Waals surface area contributed by atoms with E-state index in [0.717, 1.165) is 0 Å². The van der Waals surface area contributed by atoms with E-state index in [1.807, 2.05) is 12.1 Å². The predicted molar refractivity (Wildman–Crippen MR) is 58.0 cm³/mol. The minimum Gasteiger partial charge on any atom is -0.494 e. The van der Waals surface area contributed by atoms with Gasteiger partial charge in [-0.25, -0.2) is 4.98 Å². The standard InChI is InChI=1S/C11H10N2O3/c1-15-8-5-3-4-7-10(8)12-9(6-14)13-11(7)16-2/h3-6H,1-2H3. The molecule has 0 saturated heterocycles. The summed E-state index contributed by atoms with van der Waals surface area (Å²) < 4.78 is 10.3. The van der Waals surface area contributed by atoms with Crippen molar-refractivity contribution in [2.45, 2.75) is 0 Å². The number of nitrogens with zero attached hydrogens (tertiary/aromatic N) is 2. The molecule has 0 radical (unpaired) electrons. The Hall–Kier alpha value is -2.17. The highest BCUT2D eigenvalue weighted by Gasteiger charge is 2.10. The highest BCUT2D eigenvalue weighted by atomic mass is 16.5. The van der Waals surface area contributed by atoms with Crippen LogP contribution in [0.5, 0.6) is 11.6 Å². The monoisotopic (exact) mass is 218 g/mol. The van der Waals surface area contributed by atoms with Gasteiger partial charge in [-0.2, -0.15) is 4.98 Å². The molecule has 82 valence electrons. The molecule has 0 fully saturated rings. The largest absolute Gasteiger partial charge is 0.494 e. The molecule has 16 heavy (non-hydrogen) atoms. The molecule has 0 aliphatic rings. The molecule has 1 aromatic carbocycles. The summed E-state index contributed by atoms with van der Waals surface area (Å²) in [4.78, 5) is 18.7. The van der Waals surface area contributed by atoms with Crippen LogP contribution in [0.3, 0.4) is 0 Å². The summed E-state index contributed by atoms with van der Waals surface area (Å²) in [6, 6.07) is 5.39. The lowest BCUT2D eigenvalue weighted by Crippen LogP contribution is -1.99. The van der Waals surface area contributed by atoms with Crippen LogP contribution in [0.15, 0.2) is 18.2 Å². The molecule has 0 saturated carbocycles. The Morgan fingerprint density at radius 2 is 2.00 bits per heavy atom. The number of hydrogen-bond donors (Lipinski definition) is 0. The summed E-state index contributed by atoms with van der Waals surface area (Å²) in [5.74, 6) is 1.03. The Morgan fingerprint density at radius 3 is 2.62 bits per heavy atom. The number of ether oxygens (including phenoxy) is 2. The average molecular weight is 218 g/mol. The topological polar surface area (TPSA) is 61.3 Å². The van der Waals surface area contributed by atoms with E-state index in [-0.39, 0.29) is 5.82 Å². The summed E-state index contributed by atoms with van der Waals surface area (Å²) in [5, 5.41) is 0.715. The first kappa shape index (κ1) is 10.4. The highest BCUT2D eigenvalue weighted by Crippen LogP contribution is 2.28. The summed E-state index contributed by atoms with van der Waals surface area (Å²) in [6.07, 6.45) is 0.578. The number of aldehydes is 1. The Morgan fingerprint density at radius 1 is 1.19 bits per heavy atom. The van der Waals surface area contributed by atoms with Gasteiger partial charge >= 0.3 is 0 Å². The molecule has 5 nitrogen and oxygen atoms in total. The maximum atomic E-state index is 10.7. The van der Waals surface area contributed by atoms with Crippen LogP contribution in [0.1, 0.15) is 10.6 Å². The van der Waals surface area contributed by atoms with Crippen molar-refractivity contribution in [2.24, 2.45) is 0 Å². The molecule has 0 atom stereocenters. The van der Waals surface area contributed by atoms with E-state index in [1.165, 1.54) is 7.11 Å². The smallest absolute Gasteiger partial charge is 0.224 e. The van der Waals surface area contributed by atoms with Crippen LogP contribution in [0.25, 0.3) is 10.9 Å². The predicted octanol–water partition coefficient (Wildman–Crippen LogP) is 1.46. The van der Waals surface area contributed by atoms with Gasteiger partial charge < -0.3 is 9.47 Å². The van der Waals surface area contributed by atoms with E-state index in [2.05, 4.69) is 9.97 Å². The normalized spacial score (nSPS) is 10.1. The number of methoxy groups -OCH3 is 2. The zero-order valence-corrected chi connectivity index (χ0v) is 8.93. The van der Waals surface area contributed by atoms with Crippen molar-refractivity contribution < 1.29 is 14.3 Å². The molecule has 1 aromatic heterocycles. The van der Waals surface area contributed by atoms with Crippen molar-refractivity contribution in [3.63, 3.8) is 0 Å². The molecule has 0 amide bonds. The van der Waals surface area contributed by atoms with Gasteiger partial charge in [0.25, 0.3) is 0 Å². The first-order valence-corrected chi connectivity index (χ1v) is 4.64. The second-order valence-corrected chi connectivity index (χ2v) is 3.07. The summed E-state index contributed by atoms with van der Waals surface area (Å²) in [6.45, 7) is 0. The first-order chi connectivity index (χ1) is 7.80. The summed E-state index contributed by atoms with van der Waals surface area (Å²) in [7, 11) is 3.04. The summed E-state index contributed by atoms with van der Waals surface area (Å²) in [5.41, 5.74) is 0.568. The molecular formula is C11H10N2O3. The van der Waals surface area contributed by atoms with Gasteiger partial charge in [0.05, 0.1) is 19.6 Å². The van der Waals surface area contributed by atoms with Gasteiger partial charge in [0.15, 0.2) is 12.1 Å².